The minimum atomic E-state index is -0.861. The lowest BCUT2D eigenvalue weighted by atomic mass is 9.99. The topological polar surface area (TPSA) is 122 Å². The van der Waals surface area contributed by atoms with Crippen molar-refractivity contribution in [3.63, 3.8) is 0 Å². The van der Waals surface area contributed by atoms with E-state index in [1.165, 1.54) is 0 Å². The van der Waals surface area contributed by atoms with Gasteiger partial charge >= 0.3 is 0 Å². The Hall–Kier alpha value is -2.94. The van der Waals surface area contributed by atoms with Gasteiger partial charge in [0.05, 0.1) is 12.6 Å². The number of rotatable bonds is 7. The second kappa shape index (κ2) is 9.97. The average molecular weight is 485 g/mol. The molecule has 4 rings (SSSR count). The lowest BCUT2D eigenvalue weighted by molar-refractivity contribution is -0.155. The van der Waals surface area contributed by atoms with Crippen molar-refractivity contribution in [2.75, 3.05) is 25.9 Å². The van der Waals surface area contributed by atoms with E-state index < -0.39 is 17.7 Å². The van der Waals surface area contributed by atoms with Crippen molar-refractivity contribution in [3.8, 4) is 0 Å². The van der Waals surface area contributed by atoms with Crippen LogP contribution in [0.2, 0.25) is 0 Å². The molecule has 3 aliphatic rings. The number of nitrogen functional groups attached to an aromatic ring is 1. The molecule has 2 aliphatic heterocycles. The number of carbonyl (C=O) groups excluding carboxylic acids is 4. The molecule has 0 radical (unpaired) electrons. The van der Waals surface area contributed by atoms with Crippen molar-refractivity contribution >= 4 is 29.2 Å². The Morgan fingerprint density at radius 2 is 1.80 bits per heavy atom. The standard InChI is InChI=1S/C26H36N4O5/c1-16(2)14-19(28-23(32)17-6-8-18(27)9-7-17)24(33)29-13-10-20-22(29)21(31)15-30(20)25(34)26(35-3)11-4-5-12-26/h6-9,16,19-20,22H,4-5,10-15,27H2,1-3H3,(H,28,32). The van der Waals surface area contributed by atoms with E-state index in [4.69, 9.17) is 10.5 Å². The fourth-order valence-electron chi connectivity index (χ4n) is 5.82. The van der Waals surface area contributed by atoms with Gasteiger partial charge in [0.15, 0.2) is 5.78 Å². The summed E-state index contributed by atoms with van der Waals surface area (Å²) < 4.78 is 5.67. The fourth-order valence-corrected chi connectivity index (χ4v) is 5.82. The van der Waals surface area contributed by atoms with Gasteiger partial charge in [-0.15, -0.1) is 0 Å². The summed E-state index contributed by atoms with van der Waals surface area (Å²) in [5.74, 6) is -0.762. The molecule has 1 aliphatic carbocycles. The first-order chi connectivity index (χ1) is 16.7. The van der Waals surface area contributed by atoms with Gasteiger partial charge < -0.3 is 25.6 Å². The Morgan fingerprint density at radius 1 is 1.14 bits per heavy atom. The van der Waals surface area contributed by atoms with E-state index in [2.05, 4.69) is 5.32 Å². The third kappa shape index (κ3) is 4.78. The summed E-state index contributed by atoms with van der Waals surface area (Å²) in [5.41, 5.74) is 5.81. The molecule has 2 heterocycles. The summed E-state index contributed by atoms with van der Waals surface area (Å²) in [6.07, 6.45) is 4.13. The molecular weight excluding hydrogens is 448 g/mol. The third-order valence-corrected chi connectivity index (χ3v) is 7.64. The Balaban J connectivity index is 1.51. The van der Waals surface area contributed by atoms with Gasteiger partial charge in [0.2, 0.25) is 5.91 Å². The van der Waals surface area contributed by atoms with Crippen LogP contribution >= 0.6 is 0 Å². The second-order valence-electron chi connectivity index (χ2n) is 10.4. The molecular formula is C26H36N4O5. The molecule has 190 valence electrons. The van der Waals surface area contributed by atoms with Gasteiger partial charge in [0.25, 0.3) is 11.8 Å². The number of methoxy groups -OCH3 is 1. The van der Waals surface area contributed by atoms with Crippen molar-refractivity contribution in [3.05, 3.63) is 29.8 Å². The lowest BCUT2D eigenvalue weighted by Gasteiger charge is -2.33. The predicted molar refractivity (Wildman–Crippen MR) is 130 cm³/mol. The number of ketones is 1. The largest absolute Gasteiger partial charge is 0.399 e. The lowest BCUT2D eigenvalue weighted by Crippen LogP contribution is -2.53. The second-order valence-corrected chi connectivity index (χ2v) is 10.4. The van der Waals surface area contributed by atoms with Gasteiger partial charge in [-0.1, -0.05) is 13.8 Å². The number of likely N-dealkylation sites (tertiary alicyclic amines) is 2. The van der Waals surface area contributed by atoms with Gasteiger partial charge in [-0.05, 0) is 68.7 Å². The van der Waals surface area contributed by atoms with E-state index in [1.807, 2.05) is 13.8 Å². The number of carbonyl (C=O) groups is 4. The Bertz CT molecular complexity index is 986. The van der Waals surface area contributed by atoms with Crippen LogP contribution in [0.3, 0.4) is 0 Å². The number of fused-ring (bicyclic) bond motifs is 1. The number of hydrogen-bond acceptors (Lipinski definition) is 6. The highest BCUT2D eigenvalue weighted by Gasteiger charge is 2.56. The highest BCUT2D eigenvalue weighted by molar-refractivity contribution is 6.01. The summed E-state index contributed by atoms with van der Waals surface area (Å²) in [7, 11) is 1.56. The quantitative estimate of drug-likeness (QED) is 0.569. The van der Waals surface area contributed by atoms with Crippen LogP contribution in [0.25, 0.3) is 0 Å². The Labute approximate surface area is 206 Å². The normalized spacial score (nSPS) is 24.1. The molecule has 1 saturated carbocycles. The number of anilines is 1. The summed E-state index contributed by atoms with van der Waals surface area (Å²) in [6, 6.07) is 4.72. The maximum Gasteiger partial charge on any atom is 0.255 e. The van der Waals surface area contributed by atoms with Crippen molar-refractivity contribution < 1.29 is 23.9 Å². The van der Waals surface area contributed by atoms with E-state index in [0.717, 1.165) is 12.8 Å². The van der Waals surface area contributed by atoms with E-state index in [0.29, 0.717) is 43.5 Å². The van der Waals surface area contributed by atoms with Crippen LogP contribution in [-0.2, 0) is 19.1 Å². The number of nitrogens with zero attached hydrogens (tertiary/aromatic N) is 2. The molecule has 3 amide bonds. The molecule has 3 N–H and O–H groups in total. The number of amides is 3. The minimum Gasteiger partial charge on any atom is -0.399 e. The van der Waals surface area contributed by atoms with Crippen molar-refractivity contribution in [1.29, 1.82) is 0 Å². The van der Waals surface area contributed by atoms with Crippen LogP contribution in [0.1, 0.15) is 62.7 Å². The Morgan fingerprint density at radius 3 is 2.40 bits per heavy atom. The molecule has 3 atom stereocenters. The monoisotopic (exact) mass is 484 g/mol. The molecule has 0 bridgehead atoms. The average Bonchev–Trinajstić information content (AvgIpc) is 3.55. The van der Waals surface area contributed by atoms with Gasteiger partial charge in [0, 0.05) is 24.9 Å². The van der Waals surface area contributed by atoms with Crippen molar-refractivity contribution in [2.45, 2.75) is 76.1 Å². The molecule has 9 nitrogen and oxygen atoms in total. The van der Waals surface area contributed by atoms with Crippen molar-refractivity contribution in [2.24, 2.45) is 5.92 Å². The van der Waals surface area contributed by atoms with E-state index >= 15 is 0 Å². The number of ether oxygens (including phenoxy) is 1. The Kier molecular flexibility index (Phi) is 7.17. The predicted octanol–water partition coefficient (Wildman–Crippen LogP) is 1.75. The number of hydrogen-bond donors (Lipinski definition) is 2. The number of nitrogens with one attached hydrogen (secondary N) is 1. The fraction of sp³-hybridized carbons (Fsp3) is 0.615. The summed E-state index contributed by atoms with van der Waals surface area (Å²) in [4.78, 5) is 56.3. The third-order valence-electron chi connectivity index (χ3n) is 7.64. The molecule has 0 aromatic heterocycles. The van der Waals surface area contributed by atoms with Crippen LogP contribution in [0.4, 0.5) is 5.69 Å². The summed E-state index contributed by atoms with van der Waals surface area (Å²) in [5, 5.41) is 2.87. The van der Waals surface area contributed by atoms with E-state index in [9.17, 15) is 19.2 Å². The molecule has 3 fully saturated rings. The number of nitrogens with two attached hydrogens (primary N) is 1. The number of benzene rings is 1. The highest BCUT2D eigenvalue weighted by atomic mass is 16.5. The van der Waals surface area contributed by atoms with E-state index in [-0.39, 0.29) is 42.0 Å². The molecule has 35 heavy (non-hydrogen) atoms. The SMILES string of the molecule is COC1(C(=O)N2CC(=O)C3C2CCN3C(=O)C(CC(C)C)NC(=O)c2ccc(N)cc2)CCCC1. The molecule has 2 saturated heterocycles. The zero-order valence-corrected chi connectivity index (χ0v) is 20.8. The maximum absolute atomic E-state index is 13.7. The van der Waals surface area contributed by atoms with Gasteiger partial charge in [-0.25, -0.2) is 0 Å². The van der Waals surface area contributed by atoms with E-state index in [1.54, 1.807) is 41.2 Å². The first kappa shape index (κ1) is 25.2. The maximum atomic E-state index is 13.7. The summed E-state index contributed by atoms with van der Waals surface area (Å²) >= 11 is 0. The van der Waals surface area contributed by atoms with Crippen LogP contribution in [-0.4, -0.2) is 77.2 Å². The molecule has 9 heteroatoms. The van der Waals surface area contributed by atoms with Gasteiger partial charge in [-0.2, -0.15) is 0 Å². The molecule has 1 aromatic rings. The first-order valence-electron chi connectivity index (χ1n) is 12.5. The molecule has 0 spiro atoms. The highest BCUT2D eigenvalue weighted by Crippen LogP contribution is 2.38. The van der Waals surface area contributed by atoms with Crippen LogP contribution in [0.5, 0.6) is 0 Å². The zero-order chi connectivity index (χ0) is 25.3. The zero-order valence-electron chi connectivity index (χ0n) is 20.8. The van der Waals surface area contributed by atoms with Crippen LogP contribution in [0, 0.1) is 5.92 Å². The first-order valence-corrected chi connectivity index (χ1v) is 12.5. The van der Waals surface area contributed by atoms with Crippen LogP contribution < -0.4 is 11.1 Å². The smallest absolute Gasteiger partial charge is 0.255 e. The molecule has 3 unspecified atom stereocenters. The minimum absolute atomic E-state index is 0.00427. The number of Topliss-reactive ketones (excluding diaryl/α,β-unsaturated/α-hetero) is 1. The van der Waals surface area contributed by atoms with Gasteiger partial charge in [0.1, 0.15) is 17.7 Å². The van der Waals surface area contributed by atoms with Gasteiger partial charge in [-0.3, -0.25) is 19.2 Å². The van der Waals surface area contributed by atoms with Crippen molar-refractivity contribution in [1.82, 2.24) is 15.1 Å². The summed E-state index contributed by atoms with van der Waals surface area (Å²) in [6.45, 7) is 4.33. The van der Waals surface area contributed by atoms with Crippen LogP contribution in [0.15, 0.2) is 24.3 Å². The molecule has 1 aromatic carbocycles.